The van der Waals surface area contributed by atoms with E-state index in [4.69, 9.17) is 16.7 Å². The van der Waals surface area contributed by atoms with Crippen molar-refractivity contribution >= 4 is 17.6 Å². The topological polar surface area (TPSA) is 75.3 Å². The third kappa shape index (κ3) is 3.95. The number of aromatic carboxylic acids is 1. The summed E-state index contributed by atoms with van der Waals surface area (Å²) in [5, 5.41) is 24.4. The molecule has 2 aromatic carbocycles. The van der Waals surface area contributed by atoms with Crippen molar-refractivity contribution in [1.29, 1.82) is 0 Å². The number of aliphatic hydroxyl groups excluding tert-OH is 1. The standard InChI is InChI=1S/C20H19ClN2O3/c1-2-17(24)12-23-19(14-7-9-16(21)10-8-14)11-18(22-23)13-3-5-15(6-4-13)20(25)26/h3-11,17,24H,2,12H2,1H3,(H,25,26)/t17-/m1/s1. The fourth-order valence-electron chi connectivity index (χ4n) is 2.66. The molecule has 0 amide bonds. The van der Waals surface area contributed by atoms with Gasteiger partial charge in [-0.3, -0.25) is 4.68 Å². The van der Waals surface area contributed by atoms with E-state index in [0.717, 1.165) is 22.5 Å². The molecule has 6 heteroatoms. The summed E-state index contributed by atoms with van der Waals surface area (Å²) in [6.07, 6.45) is 0.130. The van der Waals surface area contributed by atoms with Crippen LogP contribution in [0.3, 0.4) is 0 Å². The number of aliphatic hydroxyl groups is 1. The summed E-state index contributed by atoms with van der Waals surface area (Å²) in [5.74, 6) is -0.963. The molecular formula is C20H19ClN2O3. The van der Waals surface area contributed by atoms with Gasteiger partial charge in [0.1, 0.15) is 0 Å². The molecule has 134 valence electrons. The van der Waals surface area contributed by atoms with Crippen LogP contribution in [0.2, 0.25) is 5.02 Å². The van der Waals surface area contributed by atoms with Crippen molar-refractivity contribution in [3.8, 4) is 22.5 Å². The Morgan fingerprint density at radius 2 is 1.73 bits per heavy atom. The first-order valence-electron chi connectivity index (χ1n) is 8.33. The molecule has 0 saturated carbocycles. The van der Waals surface area contributed by atoms with Crippen LogP contribution in [0.4, 0.5) is 0 Å². The van der Waals surface area contributed by atoms with Gasteiger partial charge in [0.2, 0.25) is 0 Å². The van der Waals surface area contributed by atoms with Gasteiger partial charge in [-0.15, -0.1) is 0 Å². The molecule has 26 heavy (non-hydrogen) atoms. The lowest BCUT2D eigenvalue weighted by molar-refractivity contribution is 0.0697. The van der Waals surface area contributed by atoms with Crippen molar-refractivity contribution in [3.05, 3.63) is 65.2 Å². The highest BCUT2D eigenvalue weighted by Crippen LogP contribution is 2.28. The molecule has 0 spiro atoms. The first-order chi connectivity index (χ1) is 12.5. The van der Waals surface area contributed by atoms with E-state index in [1.54, 1.807) is 28.9 Å². The highest BCUT2D eigenvalue weighted by Gasteiger charge is 2.14. The van der Waals surface area contributed by atoms with Gasteiger partial charge in [-0.2, -0.15) is 5.10 Å². The molecular weight excluding hydrogens is 352 g/mol. The summed E-state index contributed by atoms with van der Waals surface area (Å²) in [6.45, 7) is 2.29. The zero-order valence-electron chi connectivity index (χ0n) is 14.3. The molecule has 3 aromatic rings. The van der Waals surface area contributed by atoms with Crippen molar-refractivity contribution < 1.29 is 15.0 Å². The summed E-state index contributed by atoms with van der Waals surface area (Å²) in [4.78, 5) is 11.0. The number of carboxylic acids is 1. The smallest absolute Gasteiger partial charge is 0.335 e. The van der Waals surface area contributed by atoms with Crippen LogP contribution in [0.5, 0.6) is 0 Å². The molecule has 0 aliphatic rings. The van der Waals surface area contributed by atoms with Gasteiger partial charge in [-0.25, -0.2) is 4.79 Å². The summed E-state index contributed by atoms with van der Waals surface area (Å²) in [7, 11) is 0. The third-order valence-corrected chi connectivity index (χ3v) is 4.45. The molecule has 0 bridgehead atoms. The minimum Gasteiger partial charge on any atom is -0.478 e. The highest BCUT2D eigenvalue weighted by atomic mass is 35.5. The van der Waals surface area contributed by atoms with Crippen molar-refractivity contribution in [3.63, 3.8) is 0 Å². The molecule has 0 unspecified atom stereocenters. The molecule has 3 rings (SSSR count). The van der Waals surface area contributed by atoms with Gasteiger partial charge in [0.05, 0.1) is 29.6 Å². The normalized spacial score (nSPS) is 12.1. The molecule has 1 aromatic heterocycles. The van der Waals surface area contributed by atoms with Crippen LogP contribution in [0, 0.1) is 0 Å². The number of carbonyl (C=O) groups is 1. The predicted octanol–water partition coefficient (Wildman–Crippen LogP) is 4.34. The molecule has 0 aliphatic heterocycles. The average Bonchev–Trinajstić information content (AvgIpc) is 3.06. The van der Waals surface area contributed by atoms with Crippen LogP contribution in [0.25, 0.3) is 22.5 Å². The molecule has 1 atom stereocenters. The third-order valence-electron chi connectivity index (χ3n) is 4.20. The van der Waals surface area contributed by atoms with Crippen molar-refractivity contribution in [2.45, 2.75) is 26.0 Å². The molecule has 5 nitrogen and oxygen atoms in total. The second kappa shape index (κ2) is 7.72. The van der Waals surface area contributed by atoms with Gasteiger partial charge in [0.15, 0.2) is 0 Å². The Labute approximate surface area is 156 Å². The van der Waals surface area contributed by atoms with Crippen LogP contribution in [-0.2, 0) is 6.54 Å². The van der Waals surface area contributed by atoms with Crippen LogP contribution < -0.4 is 0 Å². The van der Waals surface area contributed by atoms with E-state index < -0.39 is 12.1 Å². The fraction of sp³-hybridized carbons (Fsp3) is 0.200. The van der Waals surface area contributed by atoms with Crippen LogP contribution in [0.1, 0.15) is 23.7 Å². The van der Waals surface area contributed by atoms with Crippen molar-refractivity contribution in [2.24, 2.45) is 0 Å². The summed E-state index contributed by atoms with van der Waals surface area (Å²) in [6, 6.07) is 15.9. The van der Waals surface area contributed by atoms with Crippen molar-refractivity contribution in [1.82, 2.24) is 9.78 Å². The molecule has 0 saturated heterocycles. The average molecular weight is 371 g/mol. The Hall–Kier alpha value is -2.63. The summed E-state index contributed by atoms with van der Waals surface area (Å²) >= 11 is 5.98. The lowest BCUT2D eigenvalue weighted by Gasteiger charge is -2.11. The Kier molecular flexibility index (Phi) is 5.40. The highest BCUT2D eigenvalue weighted by molar-refractivity contribution is 6.30. The van der Waals surface area contributed by atoms with Crippen molar-refractivity contribution in [2.75, 3.05) is 0 Å². The minimum absolute atomic E-state index is 0.229. The number of carboxylic acid groups (broad SMARTS) is 1. The van der Waals surface area contributed by atoms with E-state index in [-0.39, 0.29) is 5.56 Å². The van der Waals surface area contributed by atoms with Gasteiger partial charge in [-0.05, 0) is 42.3 Å². The van der Waals surface area contributed by atoms with Gasteiger partial charge in [-0.1, -0.05) is 42.8 Å². The monoisotopic (exact) mass is 370 g/mol. The second-order valence-electron chi connectivity index (χ2n) is 6.05. The van der Waals surface area contributed by atoms with Gasteiger partial charge < -0.3 is 10.2 Å². The lowest BCUT2D eigenvalue weighted by atomic mass is 10.1. The SMILES string of the molecule is CC[C@@H](O)Cn1nc(-c2ccc(C(=O)O)cc2)cc1-c1ccc(Cl)cc1. The van der Waals surface area contributed by atoms with E-state index in [0.29, 0.717) is 18.0 Å². The Bertz CT molecular complexity index is 902. The minimum atomic E-state index is -0.963. The molecule has 0 radical (unpaired) electrons. The maximum atomic E-state index is 11.0. The van der Waals surface area contributed by atoms with Gasteiger partial charge >= 0.3 is 5.97 Å². The lowest BCUT2D eigenvalue weighted by Crippen LogP contribution is -2.16. The van der Waals surface area contributed by atoms with Gasteiger partial charge in [0, 0.05) is 10.6 Å². The Balaban J connectivity index is 2.02. The van der Waals surface area contributed by atoms with Crippen LogP contribution >= 0.6 is 11.6 Å². The maximum absolute atomic E-state index is 11.0. The zero-order valence-corrected chi connectivity index (χ0v) is 15.0. The van der Waals surface area contributed by atoms with Crippen LogP contribution in [-0.4, -0.2) is 32.1 Å². The Morgan fingerprint density at radius 3 is 2.31 bits per heavy atom. The number of aromatic nitrogens is 2. The quantitative estimate of drug-likeness (QED) is 0.676. The summed E-state index contributed by atoms with van der Waals surface area (Å²) < 4.78 is 1.78. The van der Waals surface area contributed by atoms with E-state index in [1.165, 1.54) is 0 Å². The maximum Gasteiger partial charge on any atom is 0.335 e. The molecule has 2 N–H and O–H groups in total. The zero-order chi connectivity index (χ0) is 18.7. The summed E-state index contributed by atoms with van der Waals surface area (Å²) in [5.41, 5.74) is 3.57. The van der Waals surface area contributed by atoms with E-state index in [2.05, 4.69) is 5.10 Å². The van der Waals surface area contributed by atoms with Crippen LogP contribution in [0.15, 0.2) is 54.6 Å². The van der Waals surface area contributed by atoms with E-state index >= 15 is 0 Å². The first-order valence-corrected chi connectivity index (χ1v) is 8.71. The molecule has 0 fully saturated rings. The van der Waals surface area contributed by atoms with Gasteiger partial charge in [0.25, 0.3) is 0 Å². The fourth-order valence-corrected chi connectivity index (χ4v) is 2.79. The number of benzene rings is 2. The number of hydrogen-bond donors (Lipinski definition) is 2. The number of rotatable bonds is 6. The predicted molar refractivity (Wildman–Crippen MR) is 101 cm³/mol. The number of nitrogens with zero attached hydrogens (tertiary/aromatic N) is 2. The largest absolute Gasteiger partial charge is 0.478 e. The Morgan fingerprint density at radius 1 is 1.12 bits per heavy atom. The van der Waals surface area contributed by atoms with E-state index in [1.807, 2.05) is 37.3 Å². The second-order valence-corrected chi connectivity index (χ2v) is 6.48. The molecule has 0 aliphatic carbocycles. The van der Waals surface area contributed by atoms with E-state index in [9.17, 15) is 9.90 Å². The number of halogens is 1. The first kappa shape index (κ1) is 18.2. The molecule has 1 heterocycles. The number of hydrogen-bond acceptors (Lipinski definition) is 3.